The summed E-state index contributed by atoms with van der Waals surface area (Å²) in [5.41, 5.74) is 7.03. The number of imidazole rings is 1. The molecule has 5 aromatic rings. The Hall–Kier alpha value is -3.42. The van der Waals surface area contributed by atoms with Crippen LogP contribution in [-0.2, 0) is 5.75 Å². The lowest BCUT2D eigenvalue weighted by atomic mass is 10.1. The van der Waals surface area contributed by atoms with Gasteiger partial charge in [-0.2, -0.15) is 0 Å². The average Bonchev–Trinajstić information content (AvgIpc) is 3.48. The van der Waals surface area contributed by atoms with Crippen LogP contribution in [0.25, 0.3) is 22.4 Å². The second kappa shape index (κ2) is 8.75. The first-order valence-electron chi connectivity index (χ1n) is 9.72. The van der Waals surface area contributed by atoms with Crippen molar-refractivity contribution in [2.75, 3.05) is 5.32 Å². The first-order chi connectivity index (χ1) is 15.3. The third kappa shape index (κ3) is 4.38. The number of H-pyrrole nitrogens is 1. The van der Waals surface area contributed by atoms with Crippen LogP contribution in [0.1, 0.15) is 16.1 Å². The van der Waals surface area contributed by atoms with Gasteiger partial charge in [0.05, 0.1) is 27.8 Å². The summed E-state index contributed by atoms with van der Waals surface area (Å²) in [5.74, 6) is 1.37. The van der Waals surface area contributed by atoms with E-state index in [2.05, 4.69) is 20.3 Å². The van der Waals surface area contributed by atoms with Crippen molar-refractivity contribution in [1.29, 1.82) is 0 Å². The molecule has 5 nitrogen and oxygen atoms in total. The third-order valence-electron chi connectivity index (χ3n) is 4.77. The lowest BCUT2D eigenvalue weighted by molar-refractivity contribution is 0.102. The van der Waals surface area contributed by atoms with E-state index < -0.39 is 0 Å². The zero-order valence-electron chi connectivity index (χ0n) is 16.4. The predicted molar refractivity (Wildman–Crippen MR) is 128 cm³/mol. The Bertz CT molecular complexity index is 1310. The van der Waals surface area contributed by atoms with Gasteiger partial charge in [0, 0.05) is 27.3 Å². The lowest BCUT2D eigenvalue weighted by Crippen LogP contribution is -2.13. The minimum Gasteiger partial charge on any atom is -0.338 e. The molecule has 2 N–H and O–H groups in total. The molecular formula is C24H18N4OS2. The van der Waals surface area contributed by atoms with E-state index in [1.54, 1.807) is 23.1 Å². The summed E-state index contributed by atoms with van der Waals surface area (Å²) >= 11 is 3.19. The summed E-state index contributed by atoms with van der Waals surface area (Å²) in [6.45, 7) is 0. The Balaban J connectivity index is 1.36. The molecule has 7 heteroatoms. The highest BCUT2D eigenvalue weighted by atomic mass is 32.2. The molecular weight excluding hydrogens is 424 g/mol. The molecule has 3 aromatic carbocycles. The fourth-order valence-electron chi connectivity index (χ4n) is 3.27. The number of hydrogen-bond acceptors (Lipinski definition) is 5. The largest absolute Gasteiger partial charge is 0.338 e. The monoisotopic (exact) mass is 442 g/mol. The van der Waals surface area contributed by atoms with Crippen molar-refractivity contribution in [3.05, 3.63) is 94.9 Å². The zero-order valence-corrected chi connectivity index (χ0v) is 18.0. The van der Waals surface area contributed by atoms with Gasteiger partial charge in [-0.3, -0.25) is 4.79 Å². The molecule has 0 atom stereocenters. The van der Waals surface area contributed by atoms with Crippen molar-refractivity contribution in [3.63, 3.8) is 0 Å². The Labute approximate surface area is 187 Å². The molecule has 152 valence electrons. The van der Waals surface area contributed by atoms with Crippen LogP contribution in [0.2, 0.25) is 0 Å². The molecule has 2 aromatic heterocycles. The number of fused-ring (bicyclic) bond motifs is 1. The van der Waals surface area contributed by atoms with Gasteiger partial charge in [0.25, 0.3) is 5.91 Å². The van der Waals surface area contributed by atoms with E-state index in [1.165, 1.54) is 0 Å². The van der Waals surface area contributed by atoms with Gasteiger partial charge < -0.3 is 10.3 Å². The van der Waals surface area contributed by atoms with Crippen LogP contribution in [0.5, 0.6) is 0 Å². The zero-order chi connectivity index (χ0) is 21.0. The molecule has 0 aliphatic rings. The molecule has 1 amide bonds. The quantitative estimate of drug-likeness (QED) is 0.306. The van der Waals surface area contributed by atoms with E-state index in [1.807, 2.05) is 83.7 Å². The number of nitrogens with one attached hydrogen (secondary N) is 2. The number of para-hydroxylation sites is 2. The van der Waals surface area contributed by atoms with Crippen molar-refractivity contribution >= 4 is 45.7 Å². The van der Waals surface area contributed by atoms with E-state index in [0.29, 0.717) is 5.56 Å². The van der Waals surface area contributed by atoms with E-state index in [9.17, 15) is 4.79 Å². The topological polar surface area (TPSA) is 70.7 Å². The summed E-state index contributed by atoms with van der Waals surface area (Å²) < 4.78 is 0. The number of aromatic nitrogens is 3. The number of carbonyl (C=O) groups is 1. The highest BCUT2D eigenvalue weighted by Crippen LogP contribution is 2.28. The molecule has 0 unspecified atom stereocenters. The highest BCUT2D eigenvalue weighted by Gasteiger charge is 2.13. The van der Waals surface area contributed by atoms with Crippen molar-refractivity contribution in [3.8, 4) is 11.4 Å². The molecule has 31 heavy (non-hydrogen) atoms. The molecule has 0 spiro atoms. The van der Waals surface area contributed by atoms with Crippen molar-refractivity contribution in [1.82, 2.24) is 15.0 Å². The summed E-state index contributed by atoms with van der Waals surface area (Å²) in [4.78, 5) is 26.2. The maximum absolute atomic E-state index is 13.0. The van der Waals surface area contributed by atoms with Gasteiger partial charge in [-0.25, -0.2) is 9.97 Å². The van der Waals surface area contributed by atoms with Gasteiger partial charge in [-0.15, -0.1) is 23.1 Å². The number of carbonyl (C=O) groups excluding carboxylic acids is 1. The summed E-state index contributed by atoms with van der Waals surface area (Å²) in [7, 11) is 0. The molecule has 0 bridgehead atoms. The van der Waals surface area contributed by atoms with Gasteiger partial charge in [-0.1, -0.05) is 36.4 Å². The molecule has 0 radical (unpaired) electrons. The number of hydrogen-bond donors (Lipinski definition) is 2. The fraction of sp³-hybridized carbons (Fsp3) is 0.0417. The van der Waals surface area contributed by atoms with Gasteiger partial charge in [0.1, 0.15) is 5.82 Å². The van der Waals surface area contributed by atoms with Crippen LogP contribution in [0.4, 0.5) is 5.69 Å². The van der Waals surface area contributed by atoms with E-state index in [4.69, 9.17) is 0 Å². The highest BCUT2D eigenvalue weighted by molar-refractivity contribution is 7.98. The summed E-state index contributed by atoms with van der Waals surface area (Å²) in [6, 6.07) is 23.3. The lowest BCUT2D eigenvalue weighted by Gasteiger charge is -2.10. The number of thiazole rings is 1. The summed E-state index contributed by atoms with van der Waals surface area (Å²) in [5, 5.41) is 5.06. The Morgan fingerprint density at radius 3 is 2.77 bits per heavy atom. The molecule has 0 saturated heterocycles. The van der Waals surface area contributed by atoms with Gasteiger partial charge in [0.2, 0.25) is 0 Å². The minimum absolute atomic E-state index is 0.136. The third-order valence-corrected chi connectivity index (χ3v) is 6.52. The summed E-state index contributed by atoms with van der Waals surface area (Å²) in [6.07, 6.45) is 0. The van der Waals surface area contributed by atoms with Gasteiger partial charge in [0.15, 0.2) is 0 Å². The van der Waals surface area contributed by atoms with Crippen LogP contribution in [-0.4, -0.2) is 20.9 Å². The van der Waals surface area contributed by atoms with E-state index >= 15 is 0 Å². The molecule has 2 heterocycles. The standard InChI is InChI=1S/C24H18N4OS2/c29-24(19-8-1-4-11-22(19)31-14-18-13-30-15-25-18)26-17-7-5-6-16(12-17)23-27-20-9-2-3-10-21(20)28-23/h1-13,15H,14H2,(H,26,29)(H,27,28). The van der Waals surface area contributed by atoms with E-state index in [0.717, 1.165) is 44.5 Å². The van der Waals surface area contributed by atoms with Crippen LogP contribution in [0.15, 0.2) is 88.6 Å². The van der Waals surface area contributed by atoms with Gasteiger partial charge in [-0.05, 0) is 36.4 Å². The molecule has 0 fully saturated rings. The Kier molecular flexibility index (Phi) is 5.52. The average molecular weight is 443 g/mol. The normalized spacial score (nSPS) is 11.0. The number of anilines is 1. The SMILES string of the molecule is O=C(Nc1cccc(-c2nc3ccccc3[nH]2)c1)c1ccccc1SCc1cscn1. The number of nitrogens with zero attached hydrogens (tertiary/aromatic N) is 2. The minimum atomic E-state index is -0.136. The van der Waals surface area contributed by atoms with Gasteiger partial charge >= 0.3 is 0 Å². The molecule has 5 rings (SSSR count). The number of aromatic amines is 1. The van der Waals surface area contributed by atoms with Crippen molar-refractivity contribution in [2.45, 2.75) is 10.6 Å². The second-order valence-corrected chi connectivity index (χ2v) is 8.64. The fourth-order valence-corrected chi connectivity index (χ4v) is 4.89. The number of benzene rings is 3. The first kappa shape index (κ1) is 19.5. The Morgan fingerprint density at radius 1 is 1.03 bits per heavy atom. The number of amides is 1. The van der Waals surface area contributed by atoms with Crippen LogP contribution in [0.3, 0.4) is 0 Å². The second-order valence-electron chi connectivity index (χ2n) is 6.90. The van der Waals surface area contributed by atoms with Crippen LogP contribution >= 0.6 is 23.1 Å². The van der Waals surface area contributed by atoms with Crippen LogP contribution < -0.4 is 5.32 Å². The maximum Gasteiger partial charge on any atom is 0.256 e. The smallest absolute Gasteiger partial charge is 0.256 e. The number of thioether (sulfide) groups is 1. The maximum atomic E-state index is 13.0. The number of rotatable bonds is 6. The van der Waals surface area contributed by atoms with Crippen molar-refractivity contribution < 1.29 is 4.79 Å². The van der Waals surface area contributed by atoms with Crippen LogP contribution in [0, 0.1) is 0 Å². The molecule has 0 aliphatic heterocycles. The Morgan fingerprint density at radius 2 is 1.90 bits per heavy atom. The first-order valence-corrected chi connectivity index (χ1v) is 11.6. The molecule has 0 aliphatic carbocycles. The van der Waals surface area contributed by atoms with Crippen molar-refractivity contribution in [2.24, 2.45) is 0 Å². The van der Waals surface area contributed by atoms with E-state index in [-0.39, 0.29) is 5.91 Å². The molecule has 0 saturated carbocycles. The predicted octanol–water partition coefficient (Wildman–Crippen LogP) is 6.23.